The number of carbonyl (C=O) groups excluding carboxylic acids is 2. The second kappa shape index (κ2) is 25.4. The molecule has 3 saturated heterocycles. The number of carbonyl (C=O) groups is 2. The average molecular weight is 1120 g/mol. The number of benzene rings is 4. The minimum absolute atomic E-state index is 0.0302. The molecule has 26 nitrogen and oxygen atoms in total. The van der Waals surface area contributed by atoms with Gasteiger partial charge in [-0.3, -0.25) is 0 Å². The summed E-state index contributed by atoms with van der Waals surface area (Å²) >= 11 is 0. The van der Waals surface area contributed by atoms with Gasteiger partial charge in [-0.1, -0.05) is 19.1 Å². The maximum atomic E-state index is 13.5. The van der Waals surface area contributed by atoms with Gasteiger partial charge in [-0.25, -0.2) is 14.0 Å². The normalized spacial score (nSPS) is 28.9. The van der Waals surface area contributed by atoms with Gasteiger partial charge in [-0.05, 0) is 71.7 Å². The summed E-state index contributed by atoms with van der Waals surface area (Å²) in [6.07, 6.45) is -23.7. The predicted octanol–water partition coefficient (Wildman–Crippen LogP) is 0.190. The Balaban J connectivity index is 1.18. The molecule has 8 rings (SSSR count). The van der Waals surface area contributed by atoms with Crippen LogP contribution in [0.1, 0.15) is 23.6 Å². The summed E-state index contributed by atoms with van der Waals surface area (Å²) < 4.78 is 58.6. The lowest BCUT2D eigenvalue weighted by molar-refractivity contribution is -0.358. The lowest BCUT2D eigenvalue weighted by atomic mass is 9.97. The number of methoxy groups -OCH3 is 1. The molecule has 3 fully saturated rings. The highest BCUT2D eigenvalue weighted by Crippen LogP contribution is 2.44. The van der Waals surface area contributed by atoms with E-state index >= 15 is 0 Å². The highest BCUT2D eigenvalue weighted by Gasteiger charge is 2.54. The van der Waals surface area contributed by atoms with E-state index in [0.717, 1.165) is 36.4 Å². The number of phenols is 5. The van der Waals surface area contributed by atoms with Crippen molar-refractivity contribution >= 4 is 35.1 Å². The number of fused-ring (bicyclic) bond motifs is 1. The molecule has 4 heterocycles. The summed E-state index contributed by atoms with van der Waals surface area (Å²) in [5.74, 6) is -5.07. The zero-order valence-electron chi connectivity index (χ0n) is 42.4. The monoisotopic (exact) mass is 1120 g/mol. The summed E-state index contributed by atoms with van der Waals surface area (Å²) in [5.41, 5.74) is 1.07. The fourth-order valence-electron chi connectivity index (χ4n) is 8.88. The Labute approximate surface area is 453 Å². The van der Waals surface area contributed by atoms with E-state index in [4.69, 9.17) is 47.0 Å². The first-order valence-electron chi connectivity index (χ1n) is 24.7. The van der Waals surface area contributed by atoms with Crippen molar-refractivity contribution < 1.29 is 128 Å². The first-order valence-corrected chi connectivity index (χ1v) is 24.7. The number of hydrogen-bond acceptors (Lipinski definition) is 25. The first kappa shape index (κ1) is 58.7. The van der Waals surface area contributed by atoms with Crippen molar-refractivity contribution in [2.45, 2.75) is 105 Å². The number of aryl methyl sites for hydroxylation is 1. The van der Waals surface area contributed by atoms with Crippen molar-refractivity contribution in [3.8, 4) is 57.3 Å². The SMILES string of the molecule is CCc1cc(/C=C/C(=O)O[C@H]2[C@H](O[C@H]3[C@H](Oc4cc5c(O[C@@H]6O[C@H](CO)[C@@H](O)[C@H](O)[C@H]6O)cc(O)cc5[o+]c4-c4ccc(O)c(O)c4)O[C@H](COC(=O)/C=C/c4ccc(O)cc4)[C@@H](O)[C@@H]3O)O[C@H](CO)[C@@H](O)[C@@H]2O)cc(OC)c1O. The van der Waals surface area contributed by atoms with Crippen molar-refractivity contribution in [1.82, 2.24) is 0 Å². The van der Waals surface area contributed by atoms with Gasteiger partial charge in [0.05, 0.1) is 32.0 Å². The van der Waals surface area contributed by atoms with Crippen molar-refractivity contribution in [3.05, 3.63) is 102 Å². The van der Waals surface area contributed by atoms with Gasteiger partial charge in [-0.2, -0.15) is 0 Å². The van der Waals surface area contributed by atoms with Crippen LogP contribution < -0.4 is 14.2 Å². The summed E-state index contributed by atoms with van der Waals surface area (Å²) in [4.78, 5) is 26.6. The van der Waals surface area contributed by atoms with Gasteiger partial charge in [0, 0.05) is 30.4 Å². The Morgan fingerprint density at radius 1 is 0.588 bits per heavy atom. The highest BCUT2D eigenvalue weighted by atomic mass is 16.8. The van der Waals surface area contributed by atoms with E-state index in [1.165, 1.54) is 61.7 Å². The number of aromatic hydroxyl groups is 5. The van der Waals surface area contributed by atoms with Gasteiger partial charge < -0.3 is 114 Å². The van der Waals surface area contributed by atoms with Crippen molar-refractivity contribution in [2.75, 3.05) is 26.9 Å². The van der Waals surface area contributed by atoms with Gasteiger partial charge in [0.15, 0.2) is 41.5 Å². The van der Waals surface area contributed by atoms with Crippen molar-refractivity contribution in [1.29, 1.82) is 0 Å². The number of rotatable bonds is 18. The van der Waals surface area contributed by atoms with Gasteiger partial charge in [-0.15, -0.1) is 0 Å². The summed E-state index contributed by atoms with van der Waals surface area (Å²) in [6.45, 7) is -0.799. The molecule has 80 heavy (non-hydrogen) atoms. The largest absolute Gasteiger partial charge is 0.508 e. The maximum Gasteiger partial charge on any atom is 0.402 e. The number of ether oxygens (including phenoxy) is 9. The van der Waals surface area contributed by atoms with E-state index in [1.807, 2.05) is 0 Å². The highest BCUT2D eigenvalue weighted by molar-refractivity contribution is 5.89. The Bertz CT molecular complexity index is 3010. The zero-order chi connectivity index (χ0) is 57.7. The quantitative estimate of drug-likeness (QED) is 0.0241. The van der Waals surface area contributed by atoms with Crippen LogP contribution in [0.2, 0.25) is 0 Å². The molecule has 0 aliphatic carbocycles. The molecule has 0 saturated carbocycles. The molecule has 430 valence electrons. The number of aliphatic hydroxyl groups is 9. The third-order valence-corrected chi connectivity index (χ3v) is 13.3. The number of esters is 2. The van der Waals surface area contributed by atoms with Gasteiger partial charge >= 0.3 is 23.3 Å². The second-order valence-electron chi connectivity index (χ2n) is 18.6. The molecule has 0 unspecified atom stereocenters. The molecular weight excluding hydrogens is 1060 g/mol. The summed E-state index contributed by atoms with van der Waals surface area (Å²) in [7, 11) is 1.33. The fraction of sp³-hybridized carbons (Fsp3) is 0.389. The number of hydrogen-bond donors (Lipinski definition) is 14. The molecule has 0 radical (unpaired) electrons. The van der Waals surface area contributed by atoms with Gasteiger partial charge in [0.2, 0.25) is 18.3 Å². The first-order chi connectivity index (χ1) is 38.2. The van der Waals surface area contributed by atoms with E-state index in [-0.39, 0.29) is 45.3 Å². The third-order valence-electron chi connectivity index (χ3n) is 13.3. The predicted molar refractivity (Wildman–Crippen MR) is 270 cm³/mol. The molecule has 3 aliphatic heterocycles. The van der Waals surface area contributed by atoms with Gasteiger partial charge in [0.25, 0.3) is 0 Å². The molecule has 14 N–H and O–H groups in total. The molecule has 3 aliphatic rings. The fourth-order valence-corrected chi connectivity index (χ4v) is 8.88. The molecule has 26 heteroatoms. The lowest BCUT2D eigenvalue weighted by Gasteiger charge is -2.46. The molecule has 0 bridgehead atoms. The molecule has 0 spiro atoms. The van der Waals surface area contributed by atoms with Crippen LogP contribution in [0, 0.1) is 0 Å². The molecule has 5 aromatic rings. The van der Waals surface area contributed by atoms with E-state index in [0.29, 0.717) is 23.1 Å². The molecule has 4 aromatic carbocycles. The van der Waals surface area contributed by atoms with Crippen LogP contribution in [0.3, 0.4) is 0 Å². The van der Waals surface area contributed by atoms with E-state index in [9.17, 15) is 81.1 Å². The van der Waals surface area contributed by atoms with Crippen LogP contribution in [-0.2, 0) is 44.4 Å². The standard InChI is InChI=1S/C54H58O26/c1-3-25-14-24(15-34(71-2)41(25)63)7-13-40(62)79-50-46(68)43(65)37(21-56)77-54(50)80-51-47(69)44(66)38(22-72-39(61)12-6-23-4-9-27(57)10-5-23)78-53(51)75-35-19-29-32(73-49(35)26-8-11-30(59)31(60)16-26)17-28(58)18-33(29)74-52-48(70)45(67)42(64)36(20-55)76-52/h4-19,36-38,42-48,50-56,64-70H,3,20-22H2,1-2H3,(H4-,57,58,59,60,61,62,63)/p+1/t36-,37-,38-,42-,43-,44-,45+,46+,47+,48-,50-,51-,52-,53-,54+/m1/s1. The maximum absolute atomic E-state index is 13.5. The van der Waals surface area contributed by atoms with Crippen LogP contribution in [-0.4, -0.2) is 202 Å². The molecule has 15 atom stereocenters. The molecule has 1 aromatic heterocycles. The smallest absolute Gasteiger partial charge is 0.402 e. The number of aliphatic hydroxyl groups excluding tert-OH is 9. The van der Waals surface area contributed by atoms with Crippen LogP contribution in [0.4, 0.5) is 0 Å². The summed E-state index contributed by atoms with van der Waals surface area (Å²) in [6, 6.07) is 15.4. The Kier molecular flexibility index (Phi) is 18.6. The van der Waals surface area contributed by atoms with Crippen LogP contribution in [0.15, 0.2) is 89.4 Å². The Hall–Kier alpha value is -7.41. The average Bonchev–Trinajstić information content (AvgIpc) is 3.50. The molecular formula is C54H59O26+. The van der Waals surface area contributed by atoms with Gasteiger partial charge in [0.1, 0.15) is 90.3 Å². The van der Waals surface area contributed by atoms with Crippen LogP contribution >= 0.6 is 0 Å². The second-order valence-corrected chi connectivity index (χ2v) is 18.6. The minimum atomic E-state index is -2.18. The van der Waals surface area contributed by atoms with Crippen molar-refractivity contribution in [2.24, 2.45) is 0 Å². The number of phenolic OH excluding ortho intramolecular Hbond substituents is 5. The van der Waals surface area contributed by atoms with E-state index < -0.39 is 147 Å². The van der Waals surface area contributed by atoms with E-state index in [2.05, 4.69) is 0 Å². The Morgan fingerprint density at radius 3 is 1.89 bits per heavy atom. The molecule has 0 amide bonds. The lowest BCUT2D eigenvalue weighted by Crippen LogP contribution is -2.65. The third kappa shape index (κ3) is 12.9. The zero-order valence-corrected chi connectivity index (χ0v) is 42.4. The van der Waals surface area contributed by atoms with Crippen LogP contribution in [0.25, 0.3) is 34.4 Å². The Morgan fingerprint density at radius 2 is 1.21 bits per heavy atom. The topological polar surface area (TPSA) is 412 Å². The summed E-state index contributed by atoms with van der Waals surface area (Å²) in [5, 5.41) is 150. The minimum Gasteiger partial charge on any atom is -0.508 e. The van der Waals surface area contributed by atoms with Crippen molar-refractivity contribution in [3.63, 3.8) is 0 Å². The van der Waals surface area contributed by atoms with E-state index in [1.54, 1.807) is 13.0 Å². The van der Waals surface area contributed by atoms with Crippen LogP contribution in [0.5, 0.6) is 46.0 Å².